The highest BCUT2D eigenvalue weighted by molar-refractivity contribution is 5.63. The van der Waals surface area contributed by atoms with Gasteiger partial charge in [-0.05, 0) is 48.9 Å². The highest BCUT2D eigenvalue weighted by Crippen LogP contribution is 2.25. The van der Waals surface area contributed by atoms with Crippen molar-refractivity contribution < 1.29 is 13.3 Å². The van der Waals surface area contributed by atoms with E-state index < -0.39 is 5.82 Å². The van der Waals surface area contributed by atoms with Gasteiger partial charge < -0.3 is 10.3 Å². The fraction of sp³-hybridized carbons (Fsp3) is 0.0667. The second-order valence-corrected chi connectivity index (χ2v) is 4.62. The first-order valence-electron chi connectivity index (χ1n) is 6.20. The summed E-state index contributed by atoms with van der Waals surface area (Å²) in [5.41, 5.74) is 7.16. The van der Waals surface area contributed by atoms with Crippen LogP contribution in [0.15, 0.2) is 40.9 Å². The third kappa shape index (κ3) is 2.47. The van der Waals surface area contributed by atoms with Crippen LogP contribution >= 0.6 is 0 Å². The third-order valence-corrected chi connectivity index (χ3v) is 3.09. The zero-order valence-electron chi connectivity index (χ0n) is 11.1. The molecule has 0 aliphatic heterocycles. The number of hydrogen-bond acceptors (Lipinski definition) is 4. The summed E-state index contributed by atoms with van der Waals surface area (Å²) in [6.45, 7) is 1.65. The lowest BCUT2D eigenvalue weighted by atomic mass is 10.1. The molecule has 1 aromatic heterocycles. The van der Waals surface area contributed by atoms with E-state index >= 15 is 0 Å². The quantitative estimate of drug-likeness (QED) is 0.732. The fourth-order valence-corrected chi connectivity index (χ4v) is 1.92. The Morgan fingerprint density at radius 2 is 1.71 bits per heavy atom. The van der Waals surface area contributed by atoms with Crippen LogP contribution in [0.2, 0.25) is 0 Å². The predicted octanol–water partition coefficient (Wildman–Crippen LogP) is 3.57. The molecule has 0 saturated heterocycles. The Morgan fingerprint density at radius 1 is 1.00 bits per heavy atom. The standard InChI is InChI=1S/C15H11F2N3O/c1-8-6-9(2-4-11(8)16)14-19-15(21-20-14)10-3-5-12(17)13(18)7-10/h2-7H,18H2,1H3. The number of nitrogen functional groups attached to an aromatic ring is 1. The van der Waals surface area contributed by atoms with E-state index in [0.29, 0.717) is 22.5 Å². The first-order valence-corrected chi connectivity index (χ1v) is 6.20. The molecule has 0 fully saturated rings. The van der Waals surface area contributed by atoms with E-state index in [4.69, 9.17) is 10.3 Å². The molecule has 106 valence electrons. The molecule has 0 amide bonds. The van der Waals surface area contributed by atoms with Crippen LogP contribution in [0, 0.1) is 18.6 Å². The van der Waals surface area contributed by atoms with Gasteiger partial charge in [0.2, 0.25) is 5.82 Å². The largest absolute Gasteiger partial charge is 0.396 e. The van der Waals surface area contributed by atoms with Gasteiger partial charge in [-0.2, -0.15) is 4.98 Å². The zero-order valence-corrected chi connectivity index (χ0v) is 11.1. The molecular formula is C15H11F2N3O. The normalized spacial score (nSPS) is 10.8. The van der Waals surface area contributed by atoms with Crippen molar-refractivity contribution in [3.8, 4) is 22.8 Å². The SMILES string of the molecule is Cc1cc(-c2noc(-c3ccc(F)c(N)c3)n2)ccc1F. The highest BCUT2D eigenvalue weighted by Gasteiger charge is 2.12. The third-order valence-electron chi connectivity index (χ3n) is 3.09. The molecule has 0 atom stereocenters. The smallest absolute Gasteiger partial charge is 0.258 e. The molecule has 3 rings (SSSR count). The Labute approximate surface area is 119 Å². The number of halogens is 2. The topological polar surface area (TPSA) is 64.9 Å². The van der Waals surface area contributed by atoms with Crippen molar-refractivity contribution in [3.05, 3.63) is 53.6 Å². The van der Waals surface area contributed by atoms with Gasteiger partial charge in [-0.3, -0.25) is 0 Å². The Morgan fingerprint density at radius 3 is 2.43 bits per heavy atom. The van der Waals surface area contributed by atoms with Crippen molar-refractivity contribution in [2.75, 3.05) is 5.73 Å². The van der Waals surface area contributed by atoms with E-state index in [1.54, 1.807) is 19.1 Å². The van der Waals surface area contributed by atoms with Gasteiger partial charge in [0.15, 0.2) is 0 Å². The molecule has 0 spiro atoms. The number of benzene rings is 2. The molecule has 4 nitrogen and oxygen atoms in total. The van der Waals surface area contributed by atoms with Crippen LogP contribution in [0.4, 0.5) is 14.5 Å². The van der Waals surface area contributed by atoms with E-state index in [1.807, 2.05) is 0 Å². The van der Waals surface area contributed by atoms with Gasteiger partial charge in [-0.15, -0.1) is 0 Å². The molecule has 0 unspecified atom stereocenters. The van der Waals surface area contributed by atoms with E-state index in [1.165, 1.54) is 24.3 Å². The summed E-state index contributed by atoms with van der Waals surface area (Å²) in [5.74, 6) is -0.254. The van der Waals surface area contributed by atoms with E-state index in [-0.39, 0.29) is 17.4 Å². The van der Waals surface area contributed by atoms with E-state index in [9.17, 15) is 8.78 Å². The molecule has 0 aliphatic carbocycles. The van der Waals surface area contributed by atoms with Gasteiger partial charge in [0.05, 0.1) is 5.69 Å². The average Bonchev–Trinajstić information content (AvgIpc) is 2.94. The maximum absolute atomic E-state index is 13.3. The maximum Gasteiger partial charge on any atom is 0.258 e. The summed E-state index contributed by atoms with van der Waals surface area (Å²) in [5, 5.41) is 3.84. The molecule has 0 saturated carbocycles. The molecule has 2 aromatic carbocycles. The minimum absolute atomic E-state index is 0.00452. The lowest BCUT2D eigenvalue weighted by Crippen LogP contribution is -1.91. The Balaban J connectivity index is 1.99. The minimum atomic E-state index is -0.507. The van der Waals surface area contributed by atoms with Gasteiger partial charge in [0.25, 0.3) is 5.89 Å². The molecule has 21 heavy (non-hydrogen) atoms. The summed E-state index contributed by atoms with van der Waals surface area (Å²) in [4.78, 5) is 4.21. The van der Waals surface area contributed by atoms with Crippen LogP contribution in [0.1, 0.15) is 5.56 Å². The fourth-order valence-electron chi connectivity index (χ4n) is 1.92. The number of aromatic nitrogens is 2. The number of anilines is 1. The molecular weight excluding hydrogens is 276 g/mol. The summed E-state index contributed by atoms with van der Waals surface area (Å²) >= 11 is 0. The monoisotopic (exact) mass is 287 g/mol. The number of rotatable bonds is 2. The van der Waals surface area contributed by atoms with Crippen LogP contribution in [-0.4, -0.2) is 10.1 Å². The molecule has 6 heteroatoms. The number of nitrogens with zero attached hydrogens (tertiary/aromatic N) is 2. The van der Waals surface area contributed by atoms with Gasteiger partial charge >= 0.3 is 0 Å². The van der Waals surface area contributed by atoms with Gasteiger partial charge in [0.1, 0.15) is 11.6 Å². The number of hydrogen-bond donors (Lipinski definition) is 1. The van der Waals surface area contributed by atoms with Gasteiger partial charge in [-0.25, -0.2) is 8.78 Å². The molecule has 0 radical (unpaired) electrons. The number of nitrogens with two attached hydrogens (primary N) is 1. The summed E-state index contributed by atoms with van der Waals surface area (Å²) in [7, 11) is 0. The van der Waals surface area contributed by atoms with Crippen LogP contribution in [0.25, 0.3) is 22.8 Å². The molecule has 2 N–H and O–H groups in total. The van der Waals surface area contributed by atoms with Crippen molar-refractivity contribution in [3.63, 3.8) is 0 Å². The Kier molecular flexibility index (Phi) is 3.13. The second-order valence-electron chi connectivity index (χ2n) is 4.62. The first kappa shape index (κ1) is 13.2. The van der Waals surface area contributed by atoms with Crippen molar-refractivity contribution in [2.24, 2.45) is 0 Å². The maximum atomic E-state index is 13.3. The van der Waals surface area contributed by atoms with Gasteiger partial charge in [-0.1, -0.05) is 5.16 Å². The van der Waals surface area contributed by atoms with Crippen molar-refractivity contribution in [1.82, 2.24) is 10.1 Å². The number of aryl methyl sites for hydroxylation is 1. The van der Waals surface area contributed by atoms with Crippen LogP contribution in [0.3, 0.4) is 0 Å². The predicted molar refractivity (Wildman–Crippen MR) is 74.2 cm³/mol. The first-order chi connectivity index (χ1) is 10.0. The lowest BCUT2D eigenvalue weighted by molar-refractivity contribution is 0.432. The van der Waals surface area contributed by atoms with Crippen molar-refractivity contribution >= 4 is 5.69 Å². The molecule has 0 aliphatic rings. The van der Waals surface area contributed by atoms with Crippen molar-refractivity contribution in [2.45, 2.75) is 6.92 Å². The van der Waals surface area contributed by atoms with Crippen molar-refractivity contribution in [1.29, 1.82) is 0 Å². The summed E-state index contributed by atoms with van der Waals surface area (Å²) < 4.78 is 31.5. The molecule has 1 heterocycles. The van der Waals surface area contributed by atoms with E-state index in [2.05, 4.69) is 10.1 Å². The summed E-state index contributed by atoms with van der Waals surface area (Å²) in [6.07, 6.45) is 0. The zero-order chi connectivity index (χ0) is 15.0. The highest BCUT2D eigenvalue weighted by atomic mass is 19.1. The second kappa shape index (κ2) is 4.97. The van der Waals surface area contributed by atoms with E-state index in [0.717, 1.165) is 0 Å². The van der Waals surface area contributed by atoms with Crippen LogP contribution in [0.5, 0.6) is 0 Å². The Bertz CT molecular complexity index is 748. The molecule has 0 bridgehead atoms. The van der Waals surface area contributed by atoms with Crippen LogP contribution in [-0.2, 0) is 0 Å². The van der Waals surface area contributed by atoms with Crippen LogP contribution < -0.4 is 5.73 Å². The average molecular weight is 287 g/mol. The Hall–Kier alpha value is -2.76. The minimum Gasteiger partial charge on any atom is -0.396 e. The summed E-state index contributed by atoms with van der Waals surface area (Å²) in [6, 6.07) is 8.69. The molecule has 3 aromatic rings. The lowest BCUT2D eigenvalue weighted by Gasteiger charge is -1.99. The van der Waals surface area contributed by atoms with Gasteiger partial charge in [0, 0.05) is 11.1 Å².